The third-order valence-electron chi connectivity index (χ3n) is 5.78. The van der Waals surface area contributed by atoms with Gasteiger partial charge in [0.1, 0.15) is 0 Å². The summed E-state index contributed by atoms with van der Waals surface area (Å²) in [7, 11) is 0. The summed E-state index contributed by atoms with van der Waals surface area (Å²) in [6.45, 7) is 0. The molecule has 36 heavy (non-hydrogen) atoms. The second kappa shape index (κ2) is 10.7. The highest BCUT2D eigenvalue weighted by molar-refractivity contribution is 6.02. The minimum atomic E-state index is -1.40. The van der Waals surface area contributed by atoms with Crippen molar-refractivity contribution in [1.82, 2.24) is 10.6 Å². The molecule has 1 aliphatic rings. The summed E-state index contributed by atoms with van der Waals surface area (Å²) in [4.78, 5) is 71.1. The number of carboxylic acid groups (broad SMARTS) is 4. The molecule has 0 bridgehead atoms. The van der Waals surface area contributed by atoms with Gasteiger partial charge in [-0.05, 0) is 49.2 Å². The Labute approximate surface area is 203 Å². The van der Waals surface area contributed by atoms with E-state index in [9.17, 15) is 49.2 Å². The van der Waals surface area contributed by atoms with Crippen LogP contribution >= 0.6 is 0 Å². The molecule has 2 amide bonds. The van der Waals surface area contributed by atoms with E-state index in [2.05, 4.69) is 10.6 Å². The quantitative estimate of drug-likeness (QED) is 0.312. The largest absolute Gasteiger partial charge is 0.478 e. The van der Waals surface area contributed by atoms with Gasteiger partial charge in [-0.25, -0.2) is 19.2 Å². The van der Waals surface area contributed by atoms with Crippen LogP contribution in [0.4, 0.5) is 0 Å². The van der Waals surface area contributed by atoms with Crippen molar-refractivity contribution in [2.45, 2.75) is 37.8 Å². The number of benzene rings is 2. The van der Waals surface area contributed by atoms with Crippen LogP contribution < -0.4 is 10.6 Å². The van der Waals surface area contributed by atoms with Crippen molar-refractivity contribution < 1.29 is 49.2 Å². The Morgan fingerprint density at radius 1 is 0.500 bits per heavy atom. The topological polar surface area (TPSA) is 207 Å². The van der Waals surface area contributed by atoms with Gasteiger partial charge in [0.25, 0.3) is 11.8 Å². The van der Waals surface area contributed by atoms with Gasteiger partial charge < -0.3 is 31.1 Å². The molecule has 0 spiro atoms. The van der Waals surface area contributed by atoms with Crippen LogP contribution in [-0.2, 0) is 0 Å². The van der Waals surface area contributed by atoms with Gasteiger partial charge in [0, 0.05) is 23.2 Å². The van der Waals surface area contributed by atoms with Gasteiger partial charge in [-0.3, -0.25) is 9.59 Å². The highest BCUT2D eigenvalue weighted by atomic mass is 16.4. The first-order valence-electron chi connectivity index (χ1n) is 10.8. The van der Waals surface area contributed by atoms with E-state index in [1.165, 1.54) is 0 Å². The summed E-state index contributed by atoms with van der Waals surface area (Å²) in [6.07, 6.45) is 2.34. The number of hydrogen-bond acceptors (Lipinski definition) is 6. The lowest BCUT2D eigenvalue weighted by Crippen LogP contribution is -2.53. The summed E-state index contributed by atoms with van der Waals surface area (Å²) in [5.41, 5.74) is -1.85. The van der Waals surface area contributed by atoms with E-state index in [0.29, 0.717) is 25.7 Å². The van der Waals surface area contributed by atoms with Gasteiger partial charge in [0.05, 0.1) is 22.3 Å². The van der Waals surface area contributed by atoms with Gasteiger partial charge >= 0.3 is 23.9 Å². The van der Waals surface area contributed by atoms with E-state index in [-0.39, 0.29) is 33.4 Å². The lowest BCUT2D eigenvalue weighted by molar-refractivity contribution is 0.0675. The van der Waals surface area contributed by atoms with Crippen LogP contribution in [0.5, 0.6) is 0 Å². The molecular weight excluding hydrogens is 476 g/mol. The van der Waals surface area contributed by atoms with Crippen molar-refractivity contribution >= 4 is 35.7 Å². The molecule has 1 saturated carbocycles. The fraction of sp³-hybridized carbons (Fsp3) is 0.250. The van der Waals surface area contributed by atoms with Crippen molar-refractivity contribution in [3.63, 3.8) is 0 Å². The Hall–Kier alpha value is -4.74. The molecule has 0 aromatic heterocycles. The molecule has 12 heteroatoms. The maximum Gasteiger partial charge on any atom is 0.335 e. The number of carboxylic acids is 4. The number of nitrogens with one attached hydrogen (secondary N) is 2. The van der Waals surface area contributed by atoms with Gasteiger partial charge in [0.2, 0.25) is 0 Å². The number of hydrogen-bond donors (Lipinski definition) is 6. The second-order valence-corrected chi connectivity index (χ2v) is 8.26. The fourth-order valence-electron chi connectivity index (χ4n) is 3.99. The van der Waals surface area contributed by atoms with Gasteiger partial charge in [-0.2, -0.15) is 0 Å². The Balaban J connectivity index is 1.82. The van der Waals surface area contributed by atoms with E-state index in [1.54, 1.807) is 0 Å². The standard InChI is InChI=1S/C24H22N2O10/c27-19(11-5-13(21(29)30)9-14(6-11)22(31)32)25-17-3-1-2-4-18(17)26-20(28)12-7-15(23(33)34)10-16(8-12)24(35)36/h5-10,17-18H,1-4H2,(H,25,27)(H,26,28)(H,29,30)(H,31,32)(H,33,34)(H,35,36)/t17-,18-/m1/s1. The summed E-state index contributed by atoms with van der Waals surface area (Å²) in [6, 6.07) is 4.86. The van der Waals surface area contributed by atoms with Crippen molar-refractivity contribution in [3.05, 3.63) is 69.8 Å². The van der Waals surface area contributed by atoms with Crippen LogP contribution in [0.2, 0.25) is 0 Å². The monoisotopic (exact) mass is 498 g/mol. The van der Waals surface area contributed by atoms with Crippen LogP contribution in [0, 0.1) is 0 Å². The number of rotatable bonds is 8. The molecule has 0 heterocycles. The number of carbonyl (C=O) groups excluding carboxylic acids is 2. The Kier molecular flexibility index (Phi) is 7.67. The summed E-state index contributed by atoms with van der Waals surface area (Å²) in [5, 5.41) is 42.3. The predicted octanol–water partition coefficient (Wildman–Crippen LogP) is 1.95. The summed E-state index contributed by atoms with van der Waals surface area (Å²) < 4.78 is 0. The zero-order valence-electron chi connectivity index (χ0n) is 18.7. The van der Waals surface area contributed by atoms with Gasteiger partial charge in [0.15, 0.2) is 0 Å². The first-order chi connectivity index (χ1) is 17.0. The number of amides is 2. The van der Waals surface area contributed by atoms with Gasteiger partial charge in [-0.15, -0.1) is 0 Å². The zero-order valence-corrected chi connectivity index (χ0v) is 18.7. The maximum atomic E-state index is 12.9. The normalized spacial score (nSPS) is 17.0. The highest BCUT2D eigenvalue weighted by Gasteiger charge is 2.29. The van der Waals surface area contributed by atoms with Crippen LogP contribution in [0.25, 0.3) is 0 Å². The van der Waals surface area contributed by atoms with E-state index >= 15 is 0 Å². The zero-order chi connectivity index (χ0) is 26.6. The highest BCUT2D eigenvalue weighted by Crippen LogP contribution is 2.21. The average Bonchev–Trinajstić information content (AvgIpc) is 2.84. The van der Waals surface area contributed by atoms with Crippen molar-refractivity contribution in [1.29, 1.82) is 0 Å². The molecule has 0 unspecified atom stereocenters. The maximum absolute atomic E-state index is 12.9. The fourth-order valence-corrected chi connectivity index (χ4v) is 3.99. The minimum absolute atomic E-state index is 0.178. The molecule has 1 aliphatic carbocycles. The third-order valence-corrected chi connectivity index (χ3v) is 5.78. The van der Waals surface area contributed by atoms with Crippen molar-refractivity contribution in [3.8, 4) is 0 Å². The Morgan fingerprint density at radius 3 is 1.00 bits per heavy atom. The average molecular weight is 498 g/mol. The molecule has 2 aromatic carbocycles. The first-order valence-corrected chi connectivity index (χ1v) is 10.8. The Bertz CT molecular complexity index is 1110. The lowest BCUT2D eigenvalue weighted by Gasteiger charge is -2.33. The molecule has 12 nitrogen and oxygen atoms in total. The Morgan fingerprint density at radius 2 is 0.750 bits per heavy atom. The molecule has 6 N–H and O–H groups in total. The number of aromatic carboxylic acids is 4. The molecule has 188 valence electrons. The smallest absolute Gasteiger partial charge is 0.335 e. The molecule has 0 aliphatic heterocycles. The summed E-state index contributed by atoms with van der Waals surface area (Å²) in [5.74, 6) is -7.07. The minimum Gasteiger partial charge on any atom is -0.478 e. The van der Waals surface area contributed by atoms with Gasteiger partial charge in [-0.1, -0.05) is 12.8 Å². The molecule has 1 fully saturated rings. The van der Waals surface area contributed by atoms with Crippen LogP contribution in [0.3, 0.4) is 0 Å². The predicted molar refractivity (Wildman–Crippen MR) is 122 cm³/mol. The van der Waals surface area contributed by atoms with Crippen LogP contribution in [0.15, 0.2) is 36.4 Å². The van der Waals surface area contributed by atoms with E-state index in [4.69, 9.17) is 0 Å². The lowest BCUT2D eigenvalue weighted by atomic mass is 9.89. The SMILES string of the molecule is O=C(O)c1cc(C(=O)O)cc(C(=O)N[C@@H]2CCCC[C@H]2NC(=O)c2cc(C(=O)O)cc(C(=O)O)c2)c1. The second-order valence-electron chi connectivity index (χ2n) is 8.26. The summed E-state index contributed by atoms with van der Waals surface area (Å²) >= 11 is 0. The van der Waals surface area contributed by atoms with Crippen LogP contribution in [0.1, 0.15) is 87.8 Å². The number of carbonyl (C=O) groups is 6. The molecule has 2 atom stereocenters. The van der Waals surface area contributed by atoms with Crippen molar-refractivity contribution in [2.24, 2.45) is 0 Å². The first kappa shape index (κ1) is 25.9. The van der Waals surface area contributed by atoms with E-state index < -0.39 is 47.8 Å². The van der Waals surface area contributed by atoms with E-state index in [0.717, 1.165) is 36.4 Å². The molecule has 0 radical (unpaired) electrons. The molecule has 0 saturated heterocycles. The van der Waals surface area contributed by atoms with Crippen molar-refractivity contribution in [2.75, 3.05) is 0 Å². The van der Waals surface area contributed by atoms with Crippen LogP contribution in [-0.4, -0.2) is 68.2 Å². The van der Waals surface area contributed by atoms with E-state index in [1.807, 2.05) is 0 Å². The molecule has 3 rings (SSSR count). The molecule has 2 aromatic rings. The molecular formula is C24H22N2O10. The third kappa shape index (κ3) is 6.03.